The van der Waals surface area contributed by atoms with Gasteiger partial charge in [0.25, 0.3) is 0 Å². The largest absolute Gasteiger partial charge is 0.428 e. The van der Waals surface area contributed by atoms with Crippen LogP contribution in [0.2, 0.25) is 0 Å². The molecule has 84 valence electrons. The molecule has 0 amide bonds. The summed E-state index contributed by atoms with van der Waals surface area (Å²) in [7, 11) is 1.55. The van der Waals surface area contributed by atoms with Crippen LogP contribution >= 0.6 is 0 Å². The lowest BCUT2D eigenvalue weighted by Gasteiger charge is -1.99. The second kappa shape index (κ2) is 11.9. The fourth-order valence-electron chi connectivity index (χ4n) is 0.287. The lowest BCUT2D eigenvalue weighted by atomic mass is 10.8. The van der Waals surface area contributed by atoms with Gasteiger partial charge in [-0.2, -0.15) is 0 Å². The first-order valence-corrected chi connectivity index (χ1v) is 3.91. The molecule has 0 heterocycles. The lowest BCUT2D eigenvalue weighted by molar-refractivity contribution is -0.163. The third-order valence-electron chi connectivity index (χ3n) is 0.820. The summed E-state index contributed by atoms with van der Waals surface area (Å²) in [5.74, 6) is -0.924. The number of methoxy groups -OCH3 is 1. The third-order valence-corrected chi connectivity index (χ3v) is 0.820. The van der Waals surface area contributed by atoms with Gasteiger partial charge in [0.2, 0.25) is 6.79 Å². The first-order chi connectivity index (χ1) is 6.54. The van der Waals surface area contributed by atoms with Crippen molar-refractivity contribution in [2.24, 2.45) is 0 Å². The van der Waals surface area contributed by atoms with Gasteiger partial charge in [0, 0.05) is 21.0 Å². The van der Waals surface area contributed by atoms with Crippen LogP contribution in [0.3, 0.4) is 0 Å². The summed E-state index contributed by atoms with van der Waals surface area (Å²) in [6, 6.07) is 0. The topological polar surface area (TPSA) is 82.1 Å². The van der Waals surface area contributed by atoms with Crippen LogP contribution in [0.5, 0.6) is 0 Å². The smallest absolute Gasteiger partial charge is 0.305 e. The predicted molar refractivity (Wildman–Crippen MR) is 47.4 cm³/mol. The van der Waals surface area contributed by atoms with Crippen LogP contribution < -0.4 is 0 Å². The van der Waals surface area contributed by atoms with Crippen molar-refractivity contribution in [2.75, 3.05) is 27.1 Å². The molecule has 1 N–H and O–H groups in total. The van der Waals surface area contributed by atoms with Gasteiger partial charge in [-0.25, -0.2) is 0 Å². The molecule has 0 fully saturated rings. The summed E-state index contributed by atoms with van der Waals surface area (Å²) in [5, 5.41) is 7.94. The molecule has 0 rings (SSSR count). The quantitative estimate of drug-likeness (QED) is 0.504. The molecule has 0 spiro atoms. The molecule has 0 aliphatic heterocycles. The highest BCUT2D eigenvalue weighted by atomic mass is 16.7. The average Bonchev–Trinajstić information content (AvgIpc) is 2.05. The molecule has 0 bridgehead atoms. The summed E-state index contributed by atoms with van der Waals surface area (Å²) in [6.45, 7) is 2.76. The molecule has 6 heteroatoms. The van der Waals surface area contributed by atoms with Crippen molar-refractivity contribution in [3.63, 3.8) is 0 Å². The average molecular weight is 208 g/mol. The van der Waals surface area contributed by atoms with Gasteiger partial charge in [-0.1, -0.05) is 0 Å². The number of carbonyl (C=O) groups is 2. The second-order valence-corrected chi connectivity index (χ2v) is 2.11. The lowest BCUT2D eigenvalue weighted by Crippen LogP contribution is -2.07. The molecule has 0 aromatic heterocycles. The fraction of sp³-hybridized carbons (Fsp3) is 0.750. The number of carbonyl (C=O) groups excluding carboxylic acids is 2. The van der Waals surface area contributed by atoms with Gasteiger partial charge >= 0.3 is 11.9 Å². The van der Waals surface area contributed by atoms with E-state index in [2.05, 4.69) is 14.2 Å². The van der Waals surface area contributed by atoms with E-state index in [1.165, 1.54) is 13.8 Å². The van der Waals surface area contributed by atoms with Gasteiger partial charge in [-0.3, -0.25) is 9.59 Å². The van der Waals surface area contributed by atoms with Crippen molar-refractivity contribution in [3.8, 4) is 0 Å². The maximum Gasteiger partial charge on any atom is 0.305 e. The summed E-state index contributed by atoms with van der Waals surface area (Å²) in [4.78, 5) is 20.0. The Bertz CT molecular complexity index is 140. The van der Waals surface area contributed by atoms with E-state index in [0.717, 1.165) is 0 Å². The van der Waals surface area contributed by atoms with Crippen molar-refractivity contribution in [1.82, 2.24) is 0 Å². The summed E-state index contributed by atoms with van der Waals surface area (Å²) in [5.41, 5.74) is 0. The normalized spacial score (nSPS) is 8.29. The van der Waals surface area contributed by atoms with E-state index >= 15 is 0 Å². The number of rotatable bonds is 4. The van der Waals surface area contributed by atoms with Gasteiger partial charge in [0.15, 0.2) is 0 Å². The number of aliphatic hydroxyl groups is 1. The maximum atomic E-state index is 10.0. The monoisotopic (exact) mass is 208 g/mol. The Morgan fingerprint density at radius 3 is 1.71 bits per heavy atom. The third kappa shape index (κ3) is 22.4. The number of hydrogen-bond acceptors (Lipinski definition) is 6. The fourth-order valence-corrected chi connectivity index (χ4v) is 0.287. The molecule has 14 heavy (non-hydrogen) atoms. The Hall–Kier alpha value is -1.14. The molecular formula is C8H16O6. The van der Waals surface area contributed by atoms with E-state index in [-0.39, 0.29) is 13.4 Å². The van der Waals surface area contributed by atoms with Gasteiger partial charge in [0.1, 0.15) is 0 Å². The van der Waals surface area contributed by atoms with Crippen LogP contribution in [0.15, 0.2) is 0 Å². The van der Waals surface area contributed by atoms with Crippen LogP contribution in [-0.4, -0.2) is 44.2 Å². The van der Waals surface area contributed by atoms with Crippen molar-refractivity contribution in [3.05, 3.63) is 0 Å². The highest BCUT2D eigenvalue weighted by molar-refractivity contribution is 5.67. The first kappa shape index (κ1) is 15.3. The Labute approximate surface area is 82.8 Å². The molecule has 0 aliphatic rings. The Balaban J connectivity index is 0. The SMILES string of the molecule is CC(=O)OCOC(C)=O.COCCO. The minimum absolute atomic E-state index is 0.122. The van der Waals surface area contributed by atoms with E-state index < -0.39 is 11.9 Å². The molecule has 0 radical (unpaired) electrons. The summed E-state index contributed by atoms with van der Waals surface area (Å²) >= 11 is 0. The molecule has 6 nitrogen and oxygen atoms in total. The van der Waals surface area contributed by atoms with Crippen LogP contribution in [0.25, 0.3) is 0 Å². The number of ether oxygens (including phenoxy) is 3. The van der Waals surface area contributed by atoms with Crippen LogP contribution in [-0.2, 0) is 23.8 Å². The van der Waals surface area contributed by atoms with Crippen molar-refractivity contribution >= 4 is 11.9 Å². The summed E-state index contributed by atoms with van der Waals surface area (Å²) < 4.78 is 13.0. The van der Waals surface area contributed by atoms with E-state index in [1.807, 2.05) is 0 Å². The highest BCUT2D eigenvalue weighted by Crippen LogP contribution is 1.79. The van der Waals surface area contributed by atoms with Crippen molar-refractivity contribution < 1.29 is 28.9 Å². The van der Waals surface area contributed by atoms with Gasteiger partial charge < -0.3 is 19.3 Å². The van der Waals surface area contributed by atoms with Gasteiger partial charge in [-0.05, 0) is 0 Å². The highest BCUT2D eigenvalue weighted by Gasteiger charge is 1.93. The van der Waals surface area contributed by atoms with Crippen molar-refractivity contribution in [1.29, 1.82) is 0 Å². The van der Waals surface area contributed by atoms with E-state index in [0.29, 0.717) is 6.61 Å². The Kier molecular flexibility index (Phi) is 13.0. The number of hydrogen-bond donors (Lipinski definition) is 1. The molecule has 0 saturated heterocycles. The molecule has 0 aromatic rings. The van der Waals surface area contributed by atoms with Crippen molar-refractivity contribution in [2.45, 2.75) is 13.8 Å². The van der Waals surface area contributed by atoms with Crippen LogP contribution in [0, 0.1) is 0 Å². The number of aliphatic hydroxyl groups excluding tert-OH is 1. The molecular weight excluding hydrogens is 192 g/mol. The molecule has 0 aromatic carbocycles. The predicted octanol–water partition coefficient (Wildman–Crippen LogP) is -0.305. The zero-order valence-corrected chi connectivity index (χ0v) is 8.61. The molecule has 0 aliphatic carbocycles. The van der Waals surface area contributed by atoms with Gasteiger partial charge in [-0.15, -0.1) is 0 Å². The van der Waals surface area contributed by atoms with Gasteiger partial charge in [0.05, 0.1) is 13.2 Å². The zero-order chi connectivity index (χ0) is 11.4. The molecule has 0 saturated carbocycles. The Morgan fingerprint density at radius 2 is 1.57 bits per heavy atom. The molecule has 0 atom stereocenters. The minimum atomic E-state index is -0.462. The van der Waals surface area contributed by atoms with Crippen LogP contribution in [0.4, 0.5) is 0 Å². The number of esters is 2. The molecule has 0 unspecified atom stereocenters. The van der Waals surface area contributed by atoms with Crippen LogP contribution in [0.1, 0.15) is 13.8 Å². The Morgan fingerprint density at radius 1 is 1.14 bits per heavy atom. The maximum absolute atomic E-state index is 10.0. The zero-order valence-electron chi connectivity index (χ0n) is 8.61. The van der Waals surface area contributed by atoms with E-state index in [1.54, 1.807) is 7.11 Å². The minimum Gasteiger partial charge on any atom is -0.428 e. The standard InChI is InChI=1S/C5H8O4.C3H8O2/c1-4(6)8-3-9-5(2)7;1-5-3-2-4/h3H2,1-2H3;4H,2-3H2,1H3. The first-order valence-electron chi connectivity index (χ1n) is 3.91. The van der Waals surface area contributed by atoms with E-state index in [4.69, 9.17) is 5.11 Å². The van der Waals surface area contributed by atoms with E-state index in [9.17, 15) is 9.59 Å². The summed E-state index contributed by atoms with van der Waals surface area (Å²) in [6.07, 6.45) is 0. The second-order valence-electron chi connectivity index (χ2n) is 2.11.